The van der Waals surface area contributed by atoms with Crippen molar-refractivity contribution in [3.63, 3.8) is 0 Å². The predicted molar refractivity (Wildman–Crippen MR) is 97.9 cm³/mol. The van der Waals surface area contributed by atoms with Gasteiger partial charge in [-0.2, -0.15) is 0 Å². The molecule has 0 aliphatic carbocycles. The van der Waals surface area contributed by atoms with E-state index in [9.17, 15) is 4.79 Å². The molecule has 0 radical (unpaired) electrons. The van der Waals surface area contributed by atoms with Crippen molar-refractivity contribution < 1.29 is 14.0 Å². The predicted octanol–water partition coefficient (Wildman–Crippen LogP) is 4.27. The number of nitrogens with zero attached hydrogens (tertiary/aromatic N) is 1. The van der Waals surface area contributed by atoms with Crippen LogP contribution in [-0.4, -0.2) is 44.1 Å². The van der Waals surface area contributed by atoms with Gasteiger partial charge >= 0.3 is 6.09 Å². The lowest BCUT2D eigenvalue weighted by Crippen LogP contribution is -2.50. The summed E-state index contributed by atoms with van der Waals surface area (Å²) in [5.74, 6) is 6.08. The van der Waals surface area contributed by atoms with Crippen molar-refractivity contribution >= 4 is 30.3 Å². The molecule has 6 heteroatoms. The SMILES string of the molecule is CC#C[C@H](O[Si](C)(C)C(C)(C)C)[C@H]1OC(=O)N2CCC=C(Br)[C@@H]12. The highest BCUT2D eigenvalue weighted by atomic mass is 79.9. The molecule has 0 spiro atoms. The van der Waals surface area contributed by atoms with Crippen molar-refractivity contribution in [3.05, 3.63) is 10.6 Å². The lowest BCUT2D eigenvalue weighted by atomic mass is 10.0. The first kappa shape index (κ1) is 18.6. The highest BCUT2D eigenvalue weighted by Crippen LogP contribution is 2.40. The molecule has 0 bridgehead atoms. The molecule has 0 N–H and O–H groups in total. The van der Waals surface area contributed by atoms with E-state index in [1.54, 1.807) is 11.8 Å². The van der Waals surface area contributed by atoms with Crippen LogP contribution in [0.1, 0.15) is 34.1 Å². The molecule has 3 atom stereocenters. The normalized spacial score (nSPS) is 26.0. The summed E-state index contributed by atoms with van der Waals surface area (Å²) in [5.41, 5.74) is 0. The van der Waals surface area contributed by atoms with Gasteiger partial charge in [-0.05, 0) is 31.5 Å². The fourth-order valence-electron chi connectivity index (χ4n) is 2.58. The van der Waals surface area contributed by atoms with Gasteiger partial charge in [0.25, 0.3) is 0 Å². The Balaban J connectivity index is 2.30. The van der Waals surface area contributed by atoms with E-state index in [4.69, 9.17) is 9.16 Å². The van der Waals surface area contributed by atoms with E-state index in [0.717, 1.165) is 10.9 Å². The van der Waals surface area contributed by atoms with E-state index >= 15 is 0 Å². The maximum absolute atomic E-state index is 12.2. The minimum atomic E-state index is -2.02. The second-order valence-corrected chi connectivity index (χ2v) is 13.2. The Morgan fingerprint density at radius 3 is 2.70 bits per heavy atom. The van der Waals surface area contributed by atoms with E-state index in [-0.39, 0.29) is 17.2 Å². The molecule has 2 heterocycles. The lowest BCUT2D eigenvalue weighted by molar-refractivity contribution is 0.0606. The zero-order chi connectivity index (χ0) is 17.4. The molecule has 128 valence electrons. The van der Waals surface area contributed by atoms with Gasteiger partial charge in [-0.3, -0.25) is 4.90 Å². The fourth-order valence-corrected chi connectivity index (χ4v) is 4.50. The second-order valence-electron chi connectivity index (χ2n) is 7.56. The molecule has 0 aromatic rings. The summed E-state index contributed by atoms with van der Waals surface area (Å²) in [5, 5.41) is 0.0720. The van der Waals surface area contributed by atoms with Gasteiger partial charge in [-0.15, -0.1) is 5.92 Å². The van der Waals surface area contributed by atoms with Crippen molar-refractivity contribution in [2.45, 2.75) is 70.5 Å². The molecule has 23 heavy (non-hydrogen) atoms. The number of carbonyl (C=O) groups excluding carboxylic acids is 1. The van der Waals surface area contributed by atoms with Crippen molar-refractivity contribution in [2.75, 3.05) is 6.54 Å². The number of hydrogen-bond acceptors (Lipinski definition) is 3. The van der Waals surface area contributed by atoms with Gasteiger partial charge in [0, 0.05) is 11.0 Å². The Bertz CT molecular complexity index is 571. The summed E-state index contributed by atoms with van der Waals surface area (Å²) in [6.07, 6.45) is 1.88. The standard InChI is InChI=1S/C17H26BrNO3Si/c1-7-9-13(22-23(5,6)17(2,3)4)15-14-12(18)10-8-11-19(14)16(20)21-15/h10,13-15H,8,11H2,1-6H3/t13-,14-,15+/m0/s1. The summed E-state index contributed by atoms with van der Waals surface area (Å²) in [6, 6.07) is -0.133. The molecule has 0 aromatic heterocycles. The second kappa shape index (κ2) is 6.62. The molecule has 1 amide bonds. The van der Waals surface area contributed by atoms with E-state index in [1.165, 1.54) is 0 Å². The van der Waals surface area contributed by atoms with Crippen LogP contribution in [0.4, 0.5) is 4.79 Å². The fraction of sp³-hybridized carbons (Fsp3) is 0.706. The van der Waals surface area contributed by atoms with E-state index < -0.39 is 20.5 Å². The Morgan fingerprint density at radius 1 is 1.48 bits per heavy atom. The van der Waals surface area contributed by atoms with Crippen molar-refractivity contribution in [1.82, 2.24) is 4.90 Å². The van der Waals surface area contributed by atoms with Crippen LogP contribution in [0.2, 0.25) is 18.1 Å². The number of ether oxygens (including phenoxy) is 1. The molecule has 2 aliphatic heterocycles. The smallest absolute Gasteiger partial charge is 0.410 e. The van der Waals surface area contributed by atoms with Gasteiger partial charge < -0.3 is 9.16 Å². The number of cyclic esters (lactones) is 1. The van der Waals surface area contributed by atoms with E-state index in [2.05, 4.69) is 67.7 Å². The van der Waals surface area contributed by atoms with Crippen molar-refractivity contribution in [1.29, 1.82) is 0 Å². The summed E-state index contributed by atoms with van der Waals surface area (Å²) >= 11 is 3.60. The van der Waals surface area contributed by atoms with Gasteiger partial charge in [-0.25, -0.2) is 4.79 Å². The average molecular weight is 400 g/mol. The molecular formula is C17H26BrNO3Si. The van der Waals surface area contributed by atoms with Crippen LogP contribution < -0.4 is 0 Å². The molecule has 0 unspecified atom stereocenters. The van der Waals surface area contributed by atoms with Crippen molar-refractivity contribution in [2.24, 2.45) is 0 Å². The molecule has 2 rings (SSSR count). The van der Waals surface area contributed by atoms with Crippen LogP contribution in [0.5, 0.6) is 0 Å². The summed E-state index contributed by atoms with van der Waals surface area (Å²) in [7, 11) is -2.02. The van der Waals surface area contributed by atoms with Crippen LogP contribution >= 0.6 is 15.9 Å². The first-order chi connectivity index (χ1) is 10.6. The molecule has 1 saturated heterocycles. The Morgan fingerprint density at radius 2 is 2.13 bits per heavy atom. The van der Waals surface area contributed by atoms with Gasteiger partial charge in [0.15, 0.2) is 14.4 Å². The third-order valence-electron chi connectivity index (χ3n) is 4.92. The molecule has 1 fully saturated rings. The number of halogens is 1. The van der Waals surface area contributed by atoms with Gasteiger partial charge in [0.2, 0.25) is 0 Å². The van der Waals surface area contributed by atoms with Crippen LogP contribution in [0.15, 0.2) is 10.6 Å². The quantitative estimate of drug-likeness (QED) is 0.525. The summed E-state index contributed by atoms with van der Waals surface area (Å²) in [6.45, 7) is 13.4. The number of hydrogen-bond donors (Lipinski definition) is 0. The zero-order valence-electron chi connectivity index (χ0n) is 14.8. The molecule has 2 aliphatic rings. The highest BCUT2D eigenvalue weighted by molar-refractivity contribution is 9.11. The first-order valence-electron chi connectivity index (χ1n) is 8.01. The van der Waals surface area contributed by atoms with Gasteiger partial charge in [0.05, 0.1) is 0 Å². The minimum Gasteiger partial charge on any atom is -0.440 e. The summed E-state index contributed by atoms with van der Waals surface area (Å²) < 4.78 is 13.1. The number of fused-ring (bicyclic) bond motifs is 1. The average Bonchev–Trinajstić information content (AvgIpc) is 2.76. The lowest BCUT2D eigenvalue weighted by Gasteiger charge is -2.40. The Labute approximate surface area is 148 Å². The molecule has 0 saturated carbocycles. The van der Waals surface area contributed by atoms with Crippen molar-refractivity contribution in [3.8, 4) is 11.8 Å². The van der Waals surface area contributed by atoms with Crippen LogP contribution in [-0.2, 0) is 9.16 Å². The van der Waals surface area contributed by atoms with Gasteiger partial charge in [-0.1, -0.05) is 48.7 Å². The molecule has 4 nitrogen and oxygen atoms in total. The third kappa shape index (κ3) is 3.67. The third-order valence-corrected chi connectivity index (χ3v) is 10.2. The van der Waals surface area contributed by atoms with Gasteiger partial charge in [0.1, 0.15) is 12.1 Å². The molecule has 0 aromatic carbocycles. The number of rotatable bonds is 3. The minimum absolute atomic E-state index is 0.0720. The highest BCUT2D eigenvalue weighted by Gasteiger charge is 2.50. The van der Waals surface area contributed by atoms with Crippen LogP contribution in [0.3, 0.4) is 0 Å². The van der Waals surface area contributed by atoms with Crippen LogP contribution in [0, 0.1) is 11.8 Å². The Kier molecular flexibility index (Phi) is 5.34. The largest absolute Gasteiger partial charge is 0.440 e. The topological polar surface area (TPSA) is 38.8 Å². The molecular weight excluding hydrogens is 374 g/mol. The summed E-state index contributed by atoms with van der Waals surface area (Å²) in [4.78, 5) is 14.0. The maximum Gasteiger partial charge on any atom is 0.410 e. The zero-order valence-corrected chi connectivity index (χ0v) is 17.4. The number of amides is 1. The monoisotopic (exact) mass is 399 g/mol. The first-order valence-corrected chi connectivity index (χ1v) is 11.7. The Hall–Kier alpha value is -0.773. The van der Waals surface area contributed by atoms with E-state index in [1.807, 2.05) is 0 Å². The maximum atomic E-state index is 12.2. The number of carbonyl (C=O) groups is 1. The van der Waals surface area contributed by atoms with E-state index in [0.29, 0.717) is 6.54 Å². The van der Waals surface area contributed by atoms with Crippen LogP contribution in [0.25, 0.3) is 0 Å².